The highest BCUT2D eigenvalue weighted by Gasteiger charge is 2.12. The van der Waals surface area contributed by atoms with Crippen LogP contribution >= 0.6 is 0 Å². The Hall–Kier alpha value is -3.94. The average Bonchev–Trinajstić information content (AvgIpc) is 3.18. The molecule has 1 N–H and O–H groups in total. The summed E-state index contributed by atoms with van der Waals surface area (Å²) < 4.78 is 21.6. The number of hydrogen-bond acceptors (Lipinski definition) is 4. The number of hydrogen-bond donors (Lipinski definition) is 1. The van der Waals surface area contributed by atoms with Crippen molar-refractivity contribution in [1.82, 2.24) is 14.2 Å². The lowest BCUT2D eigenvalue weighted by molar-refractivity contribution is -0.116. The number of rotatable bonds is 5. The molecular formula is C22H19FN4O3. The first kappa shape index (κ1) is 19.4. The molecule has 0 aliphatic carbocycles. The third kappa shape index (κ3) is 3.80. The lowest BCUT2D eigenvalue weighted by Crippen LogP contribution is -2.28. The summed E-state index contributed by atoms with van der Waals surface area (Å²) in [4.78, 5) is 25.1. The van der Waals surface area contributed by atoms with Gasteiger partial charge in [0.25, 0.3) is 5.56 Å². The van der Waals surface area contributed by atoms with Crippen molar-refractivity contribution >= 4 is 17.1 Å². The Balaban J connectivity index is 1.57. The summed E-state index contributed by atoms with van der Waals surface area (Å²) in [6, 6.07) is 13.5. The lowest BCUT2D eigenvalue weighted by Gasteiger charge is -2.08. The molecule has 0 aliphatic rings. The molecule has 1 amide bonds. The second kappa shape index (κ2) is 7.82. The monoisotopic (exact) mass is 406 g/mol. The van der Waals surface area contributed by atoms with Gasteiger partial charge in [-0.1, -0.05) is 6.07 Å². The average molecular weight is 406 g/mol. The number of aryl methyl sites for hydroxylation is 1. The number of methoxy groups -OCH3 is 1. The number of nitrogens with one attached hydrogen (secondary N) is 1. The minimum Gasteiger partial charge on any atom is -0.497 e. The van der Waals surface area contributed by atoms with Gasteiger partial charge in [0.1, 0.15) is 23.6 Å². The summed E-state index contributed by atoms with van der Waals surface area (Å²) in [5.41, 5.74) is 2.29. The number of amides is 1. The third-order valence-electron chi connectivity index (χ3n) is 4.76. The maximum absolute atomic E-state index is 13.7. The third-order valence-corrected chi connectivity index (χ3v) is 4.76. The maximum Gasteiger partial charge on any atom is 0.277 e. The Morgan fingerprint density at radius 1 is 1.13 bits per heavy atom. The molecule has 0 fully saturated rings. The van der Waals surface area contributed by atoms with Gasteiger partial charge in [0.15, 0.2) is 0 Å². The number of nitrogens with zero attached hydrogens (tertiary/aromatic N) is 3. The van der Waals surface area contributed by atoms with E-state index in [0.29, 0.717) is 22.5 Å². The van der Waals surface area contributed by atoms with Crippen LogP contribution in [0.1, 0.15) is 5.56 Å². The molecule has 2 heterocycles. The first-order chi connectivity index (χ1) is 14.4. The molecule has 7 nitrogen and oxygen atoms in total. The summed E-state index contributed by atoms with van der Waals surface area (Å²) in [5, 5.41) is 7.03. The number of aromatic nitrogens is 3. The van der Waals surface area contributed by atoms with E-state index >= 15 is 0 Å². The topological polar surface area (TPSA) is 77.6 Å². The number of halogens is 1. The van der Waals surface area contributed by atoms with Crippen LogP contribution in [0.25, 0.3) is 16.8 Å². The van der Waals surface area contributed by atoms with Crippen LogP contribution < -0.4 is 15.6 Å². The highest BCUT2D eigenvalue weighted by atomic mass is 19.1. The molecule has 2 aromatic heterocycles. The van der Waals surface area contributed by atoms with E-state index in [-0.39, 0.29) is 12.1 Å². The van der Waals surface area contributed by atoms with Crippen LogP contribution in [0.2, 0.25) is 0 Å². The second-order valence-corrected chi connectivity index (χ2v) is 6.83. The molecule has 4 aromatic rings. The van der Waals surface area contributed by atoms with Crippen molar-refractivity contribution in [2.24, 2.45) is 0 Å². The molecule has 8 heteroatoms. The summed E-state index contributed by atoms with van der Waals surface area (Å²) in [6.07, 6.45) is 3.11. The van der Waals surface area contributed by atoms with Crippen LogP contribution in [-0.2, 0) is 11.3 Å². The Labute approximate surface area is 171 Å². The van der Waals surface area contributed by atoms with Crippen LogP contribution in [0, 0.1) is 12.7 Å². The van der Waals surface area contributed by atoms with Crippen LogP contribution in [-0.4, -0.2) is 27.2 Å². The van der Waals surface area contributed by atoms with Gasteiger partial charge in [-0.25, -0.2) is 8.91 Å². The molecule has 30 heavy (non-hydrogen) atoms. The van der Waals surface area contributed by atoms with Gasteiger partial charge >= 0.3 is 0 Å². The number of ether oxygens (including phenoxy) is 1. The van der Waals surface area contributed by atoms with E-state index in [2.05, 4.69) is 10.4 Å². The van der Waals surface area contributed by atoms with E-state index in [1.165, 1.54) is 21.3 Å². The van der Waals surface area contributed by atoms with Gasteiger partial charge in [0.2, 0.25) is 5.91 Å². The number of benzene rings is 2. The van der Waals surface area contributed by atoms with Crippen molar-refractivity contribution in [3.63, 3.8) is 0 Å². The van der Waals surface area contributed by atoms with Gasteiger partial charge in [0, 0.05) is 23.6 Å². The van der Waals surface area contributed by atoms with Gasteiger partial charge < -0.3 is 14.6 Å². The first-order valence-corrected chi connectivity index (χ1v) is 9.24. The van der Waals surface area contributed by atoms with Crippen LogP contribution in [0.4, 0.5) is 10.1 Å². The standard InChI is InChI=1S/C22H19FN4O3/c1-14-3-6-16(11-18(14)23)24-21(28)13-26-9-10-27-20(22(26)29)12-19(25-27)15-4-7-17(30-2)8-5-15/h3-12H,13H2,1-2H3,(H,24,28). The molecule has 0 saturated heterocycles. The van der Waals surface area contributed by atoms with Crippen molar-refractivity contribution in [1.29, 1.82) is 0 Å². The highest BCUT2D eigenvalue weighted by Crippen LogP contribution is 2.21. The normalized spacial score (nSPS) is 10.9. The quantitative estimate of drug-likeness (QED) is 0.552. The highest BCUT2D eigenvalue weighted by molar-refractivity contribution is 5.90. The number of anilines is 1. The Kier molecular flexibility index (Phi) is 5.05. The lowest BCUT2D eigenvalue weighted by atomic mass is 10.1. The largest absolute Gasteiger partial charge is 0.497 e. The van der Waals surface area contributed by atoms with Crippen molar-refractivity contribution in [3.05, 3.63) is 82.7 Å². The zero-order valence-corrected chi connectivity index (χ0v) is 16.4. The fraction of sp³-hybridized carbons (Fsp3) is 0.136. The molecule has 0 atom stereocenters. The molecule has 0 saturated carbocycles. The van der Waals surface area contributed by atoms with Crippen LogP contribution in [0.15, 0.2) is 65.7 Å². The van der Waals surface area contributed by atoms with Crippen molar-refractivity contribution in [3.8, 4) is 17.0 Å². The van der Waals surface area contributed by atoms with Gasteiger partial charge in [-0.05, 0) is 55.0 Å². The molecule has 4 rings (SSSR count). The molecule has 0 spiro atoms. The Bertz CT molecular complexity index is 1290. The van der Waals surface area contributed by atoms with E-state index in [9.17, 15) is 14.0 Å². The van der Waals surface area contributed by atoms with Crippen molar-refractivity contribution in [2.45, 2.75) is 13.5 Å². The molecule has 0 unspecified atom stereocenters. The number of fused-ring (bicyclic) bond motifs is 1. The Morgan fingerprint density at radius 2 is 1.90 bits per heavy atom. The minimum absolute atomic E-state index is 0.201. The second-order valence-electron chi connectivity index (χ2n) is 6.83. The van der Waals surface area contributed by atoms with Crippen molar-refractivity contribution in [2.75, 3.05) is 12.4 Å². The zero-order chi connectivity index (χ0) is 21.3. The predicted molar refractivity (Wildman–Crippen MR) is 111 cm³/mol. The SMILES string of the molecule is COc1ccc(-c2cc3c(=O)n(CC(=O)Nc4ccc(C)c(F)c4)ccn3n2)cc1. The summed E-state index contributed by atoms with van der Waals surface area (Å²) in [7, 11) is 1.59. The summed E-state index contributed by atoms with van der Waals surface area (Å²) >= 11 is 0. The predicted octanol–water partition coefficient (Wildman–Crippen LogP) is 3.26. The fourth-order valence-corrected chi connectivity index (χ4v) is 3.08. The molecule has 0 aliphatic heterocycles. The fourth-order valence-electron chi connectivity index (χ4n) is 3.08. The number of carbonyl (C=O) groups is 1. The van der Waals surface area contributed by atoms with E-state index in [1.807, 2.05) is 24.3 Å². The summed E-state index contributed by atoms with van der Waals surface area (Å²) in [5.74, 6) is -0.111. The molecular weight excluding hydrogens is 387 g/mol. The van der Waals surface area contributed by atoms with Crippen LogP contribution in [0.5, 0.6) is 5.75 Å². The molecule has 2 aromatic carbocycles. The van der Waals surface area contributed by atoms with Gasteiger partial charge in [0.05, 0.1) is 12.8 Å². The van der Waals surface area contributed by atoms with E-state index in [4.69, 9.17) is 4.74 Å². The van der Waals surface area contributed by atoms with Gasteiger partial charge in [-0.3, -0.25) is 9.59 Å². The maximum atomic E-state index is 13.7. The molecule has 0 radical (unpaired) electrons. The molecule has 152 valence electrons. The first-order valence-electron chi connectivity index (χ1n) is 9.24. The number of carbonyl (C=O) groups excluding carboxylic acids is 1. The van der Waals surface area contributed by atoms with Crippen molar-refractivity contribution < 1.29 is 13.9 Å². The van der Waals surface area contributed by atoms with E-state index < -0.39 is 11.7 Å². The smallest absolute Gasteiger partial charge is 0.277 e. The summed E-state index contributed by atoms with van der Waals surface area (Å²) in [6.45, 7) is 1.44. The Morgan fingerprint density at radius 3 is 2.60 bits per heavy atom. The minimum atomic E-state index is -0.431. The van der Waals surface area contributed by atoms with Gasteiger partial charge in [-0.2, -0.15) is 5.10 Å². The van der Waals surface area contributed by atoms with E-state index in [1.54, 1.807) is 38.4 Å². The van der Waals surface area contributed by atoms with Gasteiger partial charge in [-0.15, -0.1) is 0 Å². The zero-order valence-electron chi connectivity index (χ0n) is 16.4. The molecule has 0 bridgehead atoms. The van der Waals surface area contributed by atoms with E-state index in [0.717, 1.165) is 11.3 Å². The van der Waals surface area contributed by atoms with Crippen LogP contribution in [0.3, 0.4) is 0 Å².